The largest absolute Gasteiger partial charge is 0.351 e. The van der Waals surface area contributed by atoms with Crippen molar-refractivity contribution in [3.63, 3.8) is 0 Å². The van der Waals surface area contributed by atoms with Crippen molar-refractivity contribution in [2.75, 3.05) is 6.54 Å². The molecule has 1 aromatic carbocycles. The Morgan fingerprint density at radius 1 is 1.25 bits per heavy atom. The van der Waals surface area contributed by atoms with Crippen LogP contribution in [-0.2, 0) is 13.5 Å². The maximum atomic E-state index is 5.77. The predicted molar refractivity (Wildman–Crippen MR) is 69.5 cm³/mol. The van der Waals surface area contributed by atoms with Crippen molar-refractivity contribution >= 4 is 10.9 Å². The normalized spacial score (nSPS) is 12.2. The molecule has 2 N–H and O–H groups in total. The molecule has 0 spiro atoms. The summed E-state index contributed by atoms with van der Waals surface area (Å²) in [5.74, 6) is 0. The molecule has 0 bridgehead atoms. The van der Waals surface area contributed by atoms with Crippen molar-refractivity contribution in [3.05, 3.63) is 36.0 Å². The van der Waals surface area contributed by atoms with Gasteiger partial charge in [0.15, 0.2) is 0 Å². The minimum absolute atomic E-state index is 0.183. The Bertz CT molecular complexity index is 494. The quantitative estimate of drug-likeness (QED) is 0.840. The molecule has 0 radical (unpaired) electrons. The molecule has 0 aliphatic heterocycles. The molecule has 86 valence electrons. The fourth-order valence-corrected chi connectivity index (χ4v) is 2.07. The molecule has 0 amide bonds. The molecule has 1 aromatic heterocycles. The Morgan fingerprint density at radius 2 is 2.00 bits per heavy atom. The first-order chi connectivity index (χ1) is 7.52. The number of nitrogens with two attached hydrogens (primary N) is 1. The standard InChI is InChI=1S/C14H20N2/c1-14(2,10-15)9-11-4-5-13-12(8-11)6-7-16(13)3/h4-8H,9-10,15H2,1-3H3. The van der Waals surface area contributed by atoms with Crippen LogP contribution in [0.3, 0.4) is 0 Å². The molecule has 2 aromatic rings. The van der Waals surface area contributed by atoms with Gasteiger partial charge in [-0.25, -0.2) is 0 Å². The van der Waals surface area contributed by atoms with E-state index in [9.17, 15) is 0 Å². The number of aromatic nitrogens is 1. The van der Waals surface area contributed by atoms with E-state index in [4.69, 9.17) is 5.73 Å². The predicted octanol–water partition coefficient (Wildman–Crippen LogP) is 2.71. The van der Waals surface area contributed by atoms with Gasteiger partial charge in [0.1, 0.15) is 0 Å². The minimum Gasteiger partial charge on any atom is -0.351 e. The van der Waals surface area contributed by atoms with Gasteiger partial charge in [-0.05, 0) is 47.5 Å². The third-order valence-corrected chi connectivity index (χ3v) is 3.18. The van der Waals surface area contributed by atoms with Gasteiger partial charge < -0.3 is 10.3 Å². The van der Waals surface area contributed by atoms with Crippen LogP contribution in [0, 0.1) is 5.41 Å². The Labute approximate surface area is 97.1 Å². The molecule has 0 saturated heterocycles. The molecule has 0 aliphatic carbocycles. The second-order valence-electron chi connectivity index (χ2n) is 5.36. The molecule has 0 atom stereocenters. The summed E-state index contributed by atoms with van der Waals surface area (Å²) in [7, 11) is 2.08. The monoisotopic (exact) mass is 216 g/mol. The summed E-state index contributed by atoms with van der Waals surface area (Å²) in [4.78, 5) is 0. The maximum Gasteiger partial charge on any atom is 0.0477 e. The van der Waals surface area contributed by atoms with Gasteiger partial charge in [0.2, 0.25) is 0 Å². The van der Waals surface area contributed by atoms with Crippen molar-refractivity contribution < 1.29 is 0 Å². The van der Waals surface area contributed by atoms with Gasteiger partial charge >= 0.3 is 0 Å². The molecule has 0 saturated carbocycles. The molecule has 0 unspecified atom stereocenters. The zero-order chi connectivity index (χ0) is 11.8. The minimum atomic E-state index is 0.183. The van der Waals surface area contributed by atoms with Crippen molar-refractivity contribution in [3.8, 4) is 0 Å². The smallest absolute Gasteiger partial charge is 0.0477 e. The van der Waals surface area contributed by atoms with Gasteiger partial charge in [0.25, 0.3) is 0 Å². The second kappa shape index (κ2) is 3.95. The summed E-state index contributed by atoms with van der Waals surface area (Å²) in [6.07, 6.45) is 3.14. The van der Waals surface area contributed by atoms with Crippen LogP contribution in [0.5, 0.6) is 0 Å². The summed E-state index contributed by atoms with van der Waals surface area (Å²) in [6.45, 7) is 5.14. The highest BCUT2D eigenvalue weighted by molar-refractivity contribution is 5.80. The van der Waals surface area contributed by atoms with Gasteiger partial charge in [0, 0.05) is 18.8 Å². The second-order valence-corrected chi connectivity index (χ2v) is 5.36. The molecular formula is C14H20N2. The van der Waals surface area contributed by atoms with Crippen LogP contribution in [0.1, 0.15) is 19.4 Å². The van der Waals surface area contributed by atoms with E-state index < -0.39 is 0 Å². The fraction of sp³-hybridized carbons (Fsp3) is 0.429. The van der Waals surface area contributed by atoms with Gasteiger partial charge in [-0.15, -0.1) is 0 Å². The highest BCUT2D eigenvalue weighted by Crippen LogP contribution is 2.23. The highest BCUT2D eigenvalue weighted by Gasteiger charge is 2.16. The van der Waals surface area contributed by atoms with E-state index >= 15 is 0 Å². The van der Waals surface area contributed by atoms with Crippen molar-refractivity contribution in [1.82, 2.24) is 4.57 Å². The third kappa shape index (κ3) is 2.12. The molecule has 2 nitrogen and oxygen atoms in total. The molecule has 0 aliphatic rings. The van der Waals surface area contributed by atoms with Crippen LogP contribution < -0.4 is 5.73 Å². The topological polar surface area (TPSA) is 30.9 Å². The molecular weight excluding hydrogens is 196 g/mol. The highest BCUT2D eigenvalue weighted by atomic mass is 14.9. The van der Waals surface area contributed by atoms with Crippen LogP contribution in [0.15, 0.2) is 30.5 Å². The van der Waals surface area contributed by atoms with Gasteiger partial charge in [-0.3, -0.25) is 0 Å². The van der Waals surface area contributed by atoms with E-state index in [2.05, 4.69) is 55.9 Å². The van der Waals surface area contributed by atoms with Crippen LogP contribution in [0.25, 0.3) is 10.9 Å². The average molecular weight is 216 g/mol. The number of fused-ring (bicyclic) bond motifs is 1. The lowest BCUT2D eigenvalue weighted by molar-refractivity contribution is 0.377. The van der Waals surface area contributed by atoms with E-state index in [1.54, 1.807) is 0 Å². The Hall–Kier alpha value is -1.28. The lowest BCUT2D eigenvalue weighted by Gasteiger charge is -2.22. The summed E-state index contributed by atoms with van der Waals surface area (Å²) in [5, 5.41) is 1.31. The number of nitrogens with zero attached hydrogens (tertiary/aromatic N) is 1. The lowest BCUT2D eigenvalue weighted by atomic mass is 9.86. The number of rotatable bonds is 3. The first-order valence-electron chi connectivity index (χ1n) is 5.76. The first-order valence-corrected chi connectivity index (χ1v) is 5.76. The number of hydrogen-bond donors (Lipinski definition) is 1. The molecule has 2 heteroatoms. The van der Waals surface area contributed by atoms with Crippen LogP contribution in [0.2, 0.25) is 0 Å². The van der Waals surface area contributed by atoms with E-state index in [-0.39, 0.29) is 5.41 Å². The fourth-order valence-electron chi connectivity index (χ4n) is 2.07. The molecule has 1 heterocycles. The van der Waals surface area contributed by atoms with Crippen molar-refractivity contribution in [2.45, 2.75) is 20.3 Å². The maximum absolute atomic E-state index is 5.77. The van der Waals surface area contributed by atoms with Gasteiger partial charge in [-0.2, -0.15) is 0 Å². The Kier molecular flexibility index (Phi) is 2.76. The molecule has 16 heavy (non-hydrogen) atoms. The summed E-state index contributed by atoms with van der Waals surface area (Å²) < 4.78 is 2.15. The lowest BCUT2D eigenvalue weighted by Crippen LogP contribution is -2.25. The first kappa shape index (κ1) is 11.2. The van der Waals surface area contributed by atoms with Crippen LogP contribution in [-0.4, -0.2) is 11.1 Å². The Morgan fingerprint density at radius 3 is 2.69 bits per heavy atom. The van der Waals surface area contributed by atoms with Gasteiger partial charge in [0.05, 0.1) is 0 Å². The van der Waals surface area contributed by atoms with E-state index in [0.29, 0.717) is 0 Å². The number of hydrogen-bond acceptors (Lipinski definition) is 1. The average Bonchev–Trinajstić information content (AvgIpc) is 2.60. The summed E-state index contributed by atoms with van der Waals surface area (Å²) >= 11 is 0. The zero-order valence-electron chi connectivity index (χ0n) is 10.3. The van der Waals surface area contributed by atoms with Crippen molar-refractivity contribution in [1.29, 1.82) is 0 Å². The molecule has 2 rings (SSSR count). The van der Waals surface area contributed by atoms with Crippen LogP contribution >= 0.6 is 0 Å². The van der Waals surface area contributed by atoms with Crippen molar-refractivity contribution in [2.24, 2.45) is 18.2 Å². The summed E-state index contributed by atoms with van der Waals surface area (Å²) in [5.41, 5.74) is 8.61. The SMILES string of the molecule is Cn1ccc2cc(CC(C)(C)CN)ccc21. The Balaban J connectivity index is 2.33. The van der Waals surface area contributed by atoms with E-state index in [1.165, 1.54) is 16.5 Å². The van der Waals surface area contributed by atoms with E-state index in [1.807, 2.05) is 0 Å². The van der Waals surface area contributed by atoms with E-state index in [0.717, 1.165) is 13.0 Å². The summed E-state index contributed by atoms with van der Waals surface area (Å²) in [6, 6.07) is 8.83. The number of benzene rings is 1. The van der Waals surface area contributed by atoms with Gasteiger partial charge in [-0.1, -0.05) is 19.9 Å². The molecule has 0 fully saturated rings. The zero-order valence-corrected chi connectivity index (χ0v) is 10.3. The third-order valence-electron chi connectivity index (χ3n) is 3.18. The van der Waals surface area contributed by atoms with Crippen LogP contribution in [0.4, 0.5) is 0 Å². The number of aryl methyl sites for hydroxylation is 1.